The molecule has 0 aliphatic rings. The lowest BCUT2D eigenvalue weighted by Crippen LogP contribution is -2.36. The first-order valence-electron chi connectivity index (χ1n) is 6.71. The van der Waals surface area contributed by atoms with Crippen LogP contribution in [-0.2, 0) is 9.53 Å². The molecule has 0 spiro atoms. The average Bonchev–Trinajstić information content (AvgIpc) is 2.37. The zero-order chi connectivity index (χ0) is 15.9. The van der Waals surface area contributed by atoms with Crippen molar-refractivity contribution in [3.05, 3.63) is 42.0 Å². The molecule has 0 unspecified atom stereocenters. The fourth-order valence-corrected chi connectivity index (χ4v) is 1.54. The molecule has 0 saturated heterocycles. The lowest BCUT2D eigenvalue weighted by atomic mass is 10.1. The molecule has 0 radical (unpaired) electrons. The van der Waals surface area contributed by atoms with Gasteiger partial charge < -0.3 is 15.2 Å². The topological polar surface area (TPSA) is 75.6 Å². The van der Waals surface area contributed by atoms with Crippen LogP contribution in [0.3, 0.4) is 0 Å². The minimum Gasteiger partial charge on any atom is -0.481 e. The number of rotatable bonds is 5. The van der Waals surface area contributed by atoms with E-state index in [4.69, 9.17) is 9.84 Å². The molecule has 0 fully saturated rings. The van der Waals surface area contributed by atoms with E-state index in [1.165, 1.54) is 0 Å². The van der Waals surface area contributed by atoms with Crippen molar-refractivity contribution in [1.29, 1.82) is 0 Å². The van der Waals surface area contributed by atoms with Crippen LogP contribution in [0, 0.1) is 5.92 Å². The summed E-state index contributed by atoms with van der Waals surface area (Å²) in [6.45, 7) is 5.22. The van der Waals surface area contributed by atoms with Crippen LogP contribution in [0.25, 0.3) is 6.08 Å². The van der Waals surface area contributed by atoms with Crippen molar-refractivity contribution in [3.63, 3.8) is 0 Å². The summed E-state index contributed by atoms with van der Waals surface area (Å²) in [5.74, 6) is -1.81. The van der Waals surface area contributed by atoms with Crippen molar-refractivity contribution in [2.45, 2.75) is 26.4 Å². The third-order valence-corrected chi connectivity index (χ3v) is 2.50. The highest BCUT2D eigenvalue weighted by atomic mass is 16.6. The van der Waals surface area contributed by atoms with Crippen LogP contribution in [-0.4, -0.2) is 29.3 Å². The largest absolute Gasteiger partial charge is 0.481 e. The van der Waals surface area contributed by atoms with E-state index in [9.17, 15) is 9.59 Å². The fourth-order valence-electron chi connectivity index (χ4n) is 1.54. The third-order valence-electron chi connectivity index (χ3n) is 2.50. The number of benzene rings is 1. The van der Waals surface area contributed by atoms with E-state index in [1.807, 2.05) is 30.3 Å². The van der Waals surface area contributed by atoms with Gasteiger partial charge in [0.15, 0.2) is 0 Å². The first-order valence-corrected chi connectivity index (χ1v) is 6.71. The lowest BCUT2D eigenvalue weighted by molar-refractivity contribution is -0.139. The summed E-state index contributed by atoms with van der Waals surface area (Å²) >= 11 is 0. The Hall–Kier alpha value is -2.30. The summed E-state index contributed by atoms with van der Waals surface area (Å²) in [6.07, 6.45) is 2.65. The highest BCUT2D eigenvalue weighted by Crippen LogP contribution is 2.08. The summed E-state index contributed by atoms with van der Waals surface area (Å²) in [7, 11) is 0. The Morgan fingerprint density at radius 2 is 1.90 bits per heavy atom. The molecule has 0 heterocycles. The maximum Gasteiger partial charge on any atom is 0.407 e. The molecule has 1 atom stereocenters. The molecule has 5 heteroatoms. The van der Waals surface area contributed by atoms with Crippen molar-refractivity contribution < 1.29 is 19.4 Å². The first kappa shape index (κ1) is 16.8. The van der Waals surface area contributed by atoms with Crippen LogP contribution in [0.5, 0.6) is 0 Å². The highest BCUT2D eigenvalue weighted by molar-refractivity contribution is 5.75. The Bertz CT molecular complexity index is 503. The molecule has 0 bridgehead atoms. The summed E-state index contributed by atoms with van der Waals surface area (Å²) in [6, 6.07) is 9.37. The van der Waals surface area contributed by atoms with E-state index in [1.54, 1.807) is 32.9 Å². The van der Waals surface area contributed by atoms with Crippen molar-refractivity contribution >= 4 is 18.1 Å². The smallest absolute Gasteiger partial charge is 0.407 e. The molecule has 21 heavy (non-hydrogen) atoms. The van der Waals surface area contributed by atoms with Gasteiger partial charge in [-0.2, -0.15) is 0 Å². The molecular formula is C16H21NO4. The number of nitrogens with one attached hydrogen (secondary N) is 1. The summed E-state index contributed by atoms with van der Waals surface area (Å²) in [5, 5.41) is 11.6. The predicted molar refractivity (Wildman–Crippen MR) is 80.8 cm³/mol. The molecule has 0 aliphatic carbocycles. The van der Waals surface area contributed by atoms with Crippen molar-refractivity contribution in [3.8, 4) is 0 Å². The average molecular weight is 291 g/mol. The van der Waals surface area contributed by atoms with Gasteiger partial charge in [0.05, 0.1) is 5.92 Å². The van der Waals surface area contributed by atoms with Gasteiger partial charge in [0, 0.05) is 6.54 Å². The SMILES string of the molecule is CC(C)(C)OC(=O)NC[C@H](/C=C/c1ccccc1)C(=O)O. The number of hydrogen-bond donors (Lipinski definition) is 2. The number of carbonyl (C=O) groups excluding carboxylic acids is 1. The second-order valence-corrected chi connectivity index (χ2v) is 5.60. The summed E-state index contributed by atoms with van der Waals surface area (Å²) in [5.41, 5.74) is 0.295. The summed E-state index contributed by atoms with van der Waals surface area (Å²) < 4.78 is 5.06. The van der Waals surface area contributed by atoms with Crippen LogP contribution in [0.4, 0.5) is 4.79 Å². The minimum atomic E-state index is -1.00. The van der Waals surface area contributed by atoms with Crippen LogP contribution in [0.2, 0.25) is 0 Å². The second kappa shape index (κ2) is 7.47. The third kappa shape index (κ3) is 7.15. The van der Waals surface area contributed by atoms with Gasteiger partial charge in [-0.1, -0.05) is 42.5 Å². The van der Waals surface area contributed by atoms with Gasteiger partial charge in [0.2, 0.25) is 0 Å². The number of ether oxygens (including phenoxy) is 1. The van der Waals surface area contributed by atoms with Crippen molar-refractivity contribution in [2.24, 2.45) is 5.92 Å². The minimum absolute atomic E-state index is 0.0203. The molecule has 1 rings (SSSR count). The van der Waals surface area contributed by atoms with E-state index < -0.39 is 23.6 Å². The zero-order valence-corrected chi connectivity index (χ0v) is 12.5. The van der Waals surface area contributed by atoms with Crippen molar-refractivity contribution in [1.82, 2.24) is 5.32 Å². The quantitative estimate of drug-likeness (QED) is 0.874. The molecule has 5 nitrogen and oxygen atoms in total. The van der Waals surface area contributed by atoms with Gasteiger partial charge in [-0.15, -0.1) is 0 Å². The molecule has 1 aromatic carbocycles. The molecule has 1 aromatic rings. The number of alkyl carbamates (subject to hydrolysis) is 1. The molecule has 114 valence electrons. The molecule has 0 saturated carbocycles. The van der Waals surface area contributed by atoms with Crippen LogP contribution < -0.4 is 5.32 Å². The second-order valence-electron chi connectivity index (χ2n) is 5.60. The van der Waals surface area contributed by atoms with E-state index >= 15 is 0 Å². The molecule has 0 aliphatic heterocycles. The number of hydrogen-bond acceptors (Lipinski definition) is 3. The van der Waals surface area contributed by atoms with Crippen molar-refractivity contribution in [2.75, 3.05) is 6.54 Å². The van der Waals surface area contributed by atoms with Gasteiger partial charge in [0.25, 0.3) is 0 Å². The molecule has 2 N–H and O–H groups in total. The molecular weight excluding hydrogens is 270 g/mol. The molecule has 1 amide bonds. The Kier molecular flexibility index (Phi) is 5.96. The molecule has 0 aromatic heterocycles. The van der Waals surface area contributed by atoms with E-state index in [-0.39, 0.29) is 6.54 Å². The standard InChI is InChI=1S/C16H21NO4/c1-16(2,3)21-15(20)17-11-13(14(18)19)10-9-12-7-5-4-6-8-12/h4-10,13H,11H2,1-3H3,(H,17,20)(H,18,19)/b10-9+/t13-/m0/s1. The van der Waals surface area contributed by atoms with Gasteiger partial charge in [0.1, 0.15) is 5.60 Å². The zero-order valence-electron chi connectivity index (χ0n) is 12.5. The van der Waals surface area contributed by atoms with Gasteiger partial charge >= 0.3 is 12.1 Å². The Balaban J connectivity index is 2.57. The van der Waals surface area contributed by atoms with E-state index in [0.29, 0.717) is 0 Å². The van der Waals surface area contributed by atoms with Crippen LogP contribution in [0.15, 0.2) is 36.4 Å². The van der Waals surface area contributed by atoms with Gasteiger partial charge in [-0.3, -0.25) is 4.79 Å². The fraction of sp³-hybridized carbons (Fsp3) is 0.375. The number of carboxylic acid groups (broad SMARTS) is 1. The first-order chi connectivity index (χ1) is 9.78. The predicted octanol–water partition coefficient (Wildman–Crippen LogP) is 2.93. The highest BCUT2D eigenvalue weighted by Gasteiger charge is 2.19. The maximum absolute atomic E-state index is 11.5. The number of amides is 1. The van der Waals surface area contributed by atoms with Gasteiger partial charge in [-0.25, -0.2) is 4.79 Å². The Labute approximate surface area is 124 Å². The maximum atomic E-state index is 11.5. The van der Waals surface area contributed by atoms with Gasteiger partial charge in [-0.05, 0) is 26.3 Å². The normalized spacial score (nSPS) is 12.9. The Morgan fingerprint density at radius 1 is 1.29 bits per heavy atom. The van der Waals surface area contributed by atoms with Crippen LogP contribution >= 0.6 is 0 Å². The van der Waals surface area contributed by atoms with Crippen LogP contribution in [0.1, 0.15) is 26.3 Å². The number of carboxylic acids is 1. The Morgan fingerprint density at radius 3 is 2.43 bits per heavy atom. The van der Waals surface area contributed by atoms with E-state index in [0.717, 1.165) is 5.56 Å². The monoisotopic (exact) mass is 291 g/mol. The number of carbonyl (C=O) groups is 2. The lowest BCUT2D eigenvalue weighted by Gasteiger charge is -2.20. The summed E-state index contributed by atoms with van der Waals surface area (Å²) in [4.78, 5) is 22.7. The number of aliphatic carboxylic acids is 1. The van der Waals surface area contributed by atoms with E-state index in [2.05, 4.69) is 5.32 Å².